The Morgan fingerprint density at radius 3 is 2.75 bits per heavy atom. The molecule has 1 fully saturated rings. The van der Waals surface area contributed by atoms with E-state index in [-0.39, 0.29) is 11.9 Å². The highest BCUT2D eigenvalue weighted by atomic mass is 16.2. The van der Waals surface area contributed by atoms with Crippen molar-refractivity contribution < 1.29 is 9.59 Å². The summed E-state index contributed by atoms with van der Waals surface area (Å²) in [6.07, 6.45) is 5.79. The van der Waals surface area contributed by atoms with Gasteiger partial charge in [0.1, 0.15) is 6.29 Å². The Hall–Kier alpha value is -2.14. The minimum Gasteiger partial charge on any atom is -0.361 e. The average Bonchev–Trinajstić information content (AvgIpc) is 3.30. The minimum absolute atomic E-state index is 0.0879. The summed E-state index contributed by atoms with van der Waals surface area (Å²) in [5.41, 5.74) is 6.76. The van der Waals surface area contributed by atoms with E-state index >= 15 is 0 Å². The van der Waals surface area contributed by atoms with Crippen molar-refractivity contribution in [1.82, 2.24) is 9.88 Å². The quantitative estimate of drug-likeness (QED) is 0.846. The van der Waals surface area contributed by atoms with Crippen LogP contribution in [0.5, 0.6) is 0 Å². The molecule has 1 aliphatic heterocycles. The highest BCUT2D eigenvalue weighted by molar-refractivity contribution is 5.85. The Bertz CT molecular complexity index is 636. The number of nitrogens with two attached hydrogens (primary N) is 1. The van der Waals surface area contributed by atoms with Crippen LogP contribution in [-0.4, -0.2) is 41.7 Å². The first kappa shape index (κ1) is 19.9. The molecule has 5 heteroatoms. The highest BCUT2D eigenvalue weighted by Crippen LogP contribution is 2.21. The molecule has 2 heterocycles. The smallest absolute Gasteiger partial charge is 0.223 e. The number of H-pyrrole nitrogens is 1. The number of likely N-dealkylation sites (tertiary alicyclic amines) is 1. The number of benzene rings is 1. The summed E-state index contributed by atoms with van der Waals surface area (Å²) in [7, 11) is 1.50. The first-order valence-corrected chi connectivity index (χ1v) is 8.67. The van der Waals surface area contributed by atoms with Crippen molar-refractivity contribution in [3.05, 3.63) is 36.0 Å². The van der Waals surface area contributed by atoms with Crippen LogP contribution in [0.3, 0.4) is 0 Å². The number of nitrogens with one attached hydrogen (secondary N) is 1. The maximum Gasteiger partial charge on any atom is 0.223 e. The summed E-state index contributed by atoms with van der Waals surface area (Å²) in [4.78, 5) is 28.1. The molecule has 1 aromatic carbocycles. The van der Waals surface area contributed by atoms with E-state index < -0.39 is 0 Å². The highest BCUT2D eigenvalue weighted by Gasteiger charge is 2.27. The molecule has 1 aliphatic rings. The molecule has 0 bridgehead atoms. The summed E-state index contributed by atoms with van der Waals surface area (Å²) < 4.78 is 0. The predicted octanol–water partition coefficient (Wildman–Crippen LogP) is 2.89. The van der Waals surface area contributed by atoms with Crippen molar-refractivity contribution in [3.63, 3.8) is 0 Å². The van der Waals surface area contributed by atoms with Crippen molar-refractivity contribution >= 4 is 23.1 Å². The first-order valence-electron chi connectivity index (χ1n) is 8.67. The number of amides is 1. The normalized spacial score (nSPS) is 16.0. The van der Waals surface area contributed by atoms with Gasteiger partial charge in [-0.3, -0.25) is 4.79 Å². The molecule has 2 aromatic rings. The first-order chi connectivity index (χ1) is 11.8. The van der Waals surface area contributed by atoms with E-state index in [1.54, 1.807) is 4.90 Å². The van der Waals surface area contributed by atoms with Gasteiger partial charge in [-0.2, -0.15) is 0 Å². The van der Waals surface area contributed by atoms with Gasteiger partial charge in [0.05, 0.1) is 6.04 Å². The van der Waals surface area contributed by atoms with Gasteiger partial charge in [-0.05, 0) is 37.9 Å². The summed E-state index contributed by atoms with van der Waals surface area (Å²) in [6, 6.07) is 7.89. The molecule has 5 nitrogen and oxygen atoms in total. The number of aryl methyl sites for hydroxylation is 1. The molecular weight excluding hydrogens is 302 g/mol. The van der Waals surface area contributed by atoms with E-state index in [2.05, 4.69) is 16.8 Å². The van der Waals surface area contributed by atoms with E-state index in [0.717, 1.165) is 36.8 Å². The Balaban J connectivity index is 0.000000671. The van der Waals surface area contributed by atoms with Crippen molar-refractivity contribution in [2.24, 2.45) is 5.73 Å². The van der Waals surface area contributed by atoms with Gasteiger partial charge in [0.15, 0.2) is 0 Å². The Labute approximate surface area is 144 Å². The fraction of sp³-hybridized carbons (Fsp3) is 0.474. The van der Waals surface area contributed by atoms with Crippen LogP contribution in [0.1, 0.15) is 38.7 Å². The zero-order valence-corrected chi connectivity index (χ0v) is 14.9. The van der Waals surface area contributed by atoms with E-state index in [0.29, 0.717) is 12.8 Å². The van der Waals surface area contributed by atoms with Gasteiger partial charge in [-0.15, -0.1) is 0 Å². The molecule has 1 amide bonds. The van der Waals surface area contributed by atoms with E-state index in [1.165, 1.54) is 12.4 Å². The zero-order valence-electron chi connectivity index (χ0n) is 14.9. The van der Waals surface area contributed by atoms with Gasteiger partial charge in [0, 0.05) is 30.1 Å². The van der Waals surface area contributed by atoms with Gasteiger partial charge >= 0.3 is 0 Å². The van der Waals surface area contributed by atoms with E-state index in [4.69, 9.17) is 0 Å². The van der Waals surface area contributed by atoms with E-state index in [1.807, 2.05) is 38.2 Å². The molecule has 0 spiro atoms. The summed E-state index contributed by atoms with van der Waals surface area (Å²) >= 11 is 0. The van der Waals surface area contributed by atoms with Gasteiger partial charge in [0.25, 0.3) is 0 Å². The minimum atomic E-state index is -0.203. The molecule has 1 saturated heterocycles. The predicted molar refractivity (Wildman–Crippen MR) is 98.9 cm³/mol. The van der Waals surface area contributed by atoms with Crippen molar-refractivity contribution in [3.8, 4) is 0 Å². The van der Waals surface area contributed by atoms with Crippen LogP contribution < -0.4 is 5.73 Å². The largest absolute Gasteiger partial charge is 0.361 e. The molecule has 1 aromatic heterocycles. The van der Waals surface area contributed by atoms with Crippen LogP contribution in [0, 0.1) is 0 Å². The third-order valence-electron chi connectivity index (χ3n) is 4.06. The second-order valence-electron chi connectivity index (χ2n) is 5.29. The molecule has 0 radical (unpaired) electrons. The maximum atomic E-state index is 12.2. The second kappa shape index (κ2) is 10.6. The number of aromatic nitrogens is 1. The molecule has 0 unspecified atom stereocenters. The van der Waals surface area contributed by atoms with E-state index in [9.17, 15) is 9.59 Å². The fourth-order valence-corrected chi connectivity index (χ4v) is 2.97. The number of nitrogens with zero attached hydrogens (tertiary/aromatic N) is 1. The lowest BCUT2D eigenvalue weighted by Gasteiger charge is -2.20. The van der Waals surface area contributed by atoms with Crippen LogP contribution in [0.2, 0.25) is 0 Å². The molecule has 0 aliphatic carbocycles. The summed E-state index contributed by atoms with van der Waals surface area (Å²) in [5.74, 6) is 0.0879. The standard InChI is InChI=1S/C16H18N2O2.C2H6.CH5N/c19-11-13-4-3-9-18(13)16(20)8-7-12-10-17-15-6-2-1-5-14(12)15;2*1-2/h1-2,5-6,10-11,13,17H,3-4,7-9H2;1-2H3;2H2,1H3/t13-;;/m0../s1. The fourth-order valence-electron chi connectivity index (χ4n) is 2.97. The van der Waals surface area contributed by atoms with Crippen LogP contribution in [0.4, 0.5) is 0 Å². The van der Waals surface area contributed by atoms with Gasteiger partial charge in [-0.25, -0.2) is 0 Å². The molecule has 1 atom stereocenters. The zero-order chi connectivity index (χ0) is 17.9. The third kappa shape index (κ3) is 4.68. The monoisotopic (exact) mass is 331 g/mol. The molecule has 132 valence electrons. The number of aldehydes is 1. The Morgan fingerprint density at radius 2 is 2.04 bits per heavy atom. The number of fused-ring (bicyclic) bond motifs is 1. The summed E-state index contributed by atoms with van der Waals surface area (Å²) in [6.45, 7) is 4.72. The van der Waals surface area contributed by atoms with Gasteiger partial charge in [0.2, 0.25) is 5.91 Å². The summed E-state index contributed by atoms with van der Waals surface area (Å²) in [5, 5.41) is 1.17. The molecule has 3 N–H and O–H groups in total. The van der Waals surface area contributed by atoms with Crippen molar-refractivity contribution in [2.75, 3.05) is 13.6 Å². The maximum absolute atomic E-state index is 12.2. The number of carbonyl (C=O) groups excluding carboxylic acids is 2. The number of rotatable bonds is 4. The molecule has 24 heavy (non-hydrogen) atoms. The SMILES string of the molecule is CC.CN.O=C[C@@H]1CCCN1C(=O)CCc1c[nH]c2ccccc12. The Kier molecular flexibility index (Phi) is 8.79. The van der Waals surface area contributed by atoms with Crippen LogP contribution in [0.25, 0.3) is 10.9 Å². The lowest BCUT2D eigenvalue weighted by atomic mass is 10.1. The van der Waals surface area contributed by atoms with Crippen molar-refractivity contribution in [2.45, 2.75) is 45.6 Å². The number of hydrogen-bond donors (Lipinski definition) is 2. The third-order valence-corrected chi connectivity index (χ3v) is 4.06. The Morgan fingerprint density at radius 1 is 1.33 bits per heavy atom. The molecule has 0 saturated carbocycles. The van der Waals surface area contributed by atoms with Crippen LogP contribution >= 0.6 is 0 Å². The molecular formula is C19H29N3O2. The lowest BCUT2D eigenvalue weighted by Crippen LogP contribution is -2.36. The molecule has 3 rings (SSSR count). The van der Waals surface area contributed by atoms with Gasteiger partial charge < -0.3 is 20.4 Å². The number of aromatic amines is 1. The van der Waals surface area contributed by atoms with Crippen LogP contribution in [-0.2, 0) is 16.0 Å². The lowest BCUT2D eigenvalue weighted by molar-refractivity contribution is -0.134. The van der Waals surface area contributed by atoms with Crippen LogP contribution in [0.15, 0.2) is 30.5 Å². The number of carbonyl (C=O) groups is 2. The second-order valence-corrected chi connectivity index (χ2v) is 5.29. The average molecular weight is 331 g/mol. The number of hydrogen-bond acceptors (Lipinski definition) is 3. The topological polar surface area (TPSA) is 79.2 Å². The van der Waals surface area contributed by atoms with Gasteiger partial charge in [-0.1, -0.05) is 32.0 Å². The van der Waals surface area contributed by atoms with Crippen molar-refractivity contribution in [1.29, 1.82) is 0 Å². The number of para-hydroxylation sites is 1.